The number of ether oxygens (including phenoxy) is 1. The Morgan fingerprint density at radius 1 is 1.33 bits per heavy atom. The smallest absolute Gasteiger partial charge is 0.260 e. The van der Waals surface area contributed by atoms with Crippen LogP contribution < -0.4 is 4.74 Å². The molecule has 1 aliphatic rings. The first kappa shape index (κ1) is 16.6. The van der Waals surface area contributed by atoms with Crippen LogP contribution in [0.25, 0.3) is 0 Å². The van der Waals surface area contributed by atoms with Crippen LogP contribution in [0.5, 0.6) is 5.75 Å². The number of aryl methyl sites for hydroxylation is 3. The van der Waals surface area contributed by atoms with E-state index in [0.29, 0.717) is 5.92 Å². The highest BCUT2D eigenvalue weighted by molar-refractivity contribution is 5.78. The number of hydrogen-bond donors (Lipinski definition) is 1. The first-order chi connectivity index (χ1) is 11.5. The zero-order chi connectivity index (χ0) is 17.1. The molecule has 0 spiro atoms. The number of carbonyl (C=O) groups is 1. The van der Waals surface area contributed by atoms with Gasteiger partial charge in [0.05, 0.1) is 5.69 Å². The van der Waals surface area contributed by atoms with E-state index in [2.05, 4.69) is 16.3 Å². The van der Waals surface area contributed by atoms with Crippen LogP contribution in [0.1, 0.15) is 41.3 Å². The number of likely N-dealkylation sites (tertiary alicyclic amines) is 1. The maximum Gasteiger partial charge on any atom is 0.260 e. The third kappa shape index (κ3) is 3.78. The molecule has 0 saturated carbocycles. The van der Waals surface area contributed by atoms with Crippen LogP contribution in [0.3, 0.4) is 0 Å². The van der Waals surface area contributed by atoms with Gasteiger partial charge in [-0.1, -0.05) is 12.1 Å². The molecule has 1 aromatic carbocycles. The molecule has 1 atom stereocenters. The van der Waals surface area contributed by atoms with Crippen LogP contribution in [-0.2, 0) is 4.79 Å². The second-order valence-corrected chi connectivity index (χ2v) is 6.71. The number of aromatic nitrogens is 2. The van der Waals surface area contributed by atoms with Crippen LogP contribution in [0.4, 0.5) is 0 Å². The fraction of sp³-hybridized carbons (Fsp3) is 0.474. The fourth-order valence-electron chi connectivity index (χ4n) is 3.19. The molecule has 1 fully saturated rings. The number of rotatable bonds is 4. The van der Waals surface area contributed by atoms with Crippen molar-refractivity contribution in [2.45, 2.75) is 39.5 Å². The molecule has 24 heavy (non-hydrogen) atoms. The standard InChI is InChI=1S/C19H25N3O2/c1-13-6-7-14(2)18(9-13)24-12-19(23)22-8-4-5-16(11-22)17-10-15(3)20-21-17/h6-7,9-10,16H,4-5,8,11-12H2,1-3H3,(H,20,21)/t16-/m1/s1. The first-order valence-electron chi connectivity index (χ1n) is 8.52. The van der Waals surface area contributed by atoms with Gasteiger partial charge in [0.25, 0.3) is 5.91 Å². The summed E-state index contributed by atoms with van der Waals surface area (Å²) >= 11 is 0. The van der Waals surface area contributed by atoms with Gasteiger partial charge in [0.2, 0.25) is 0 Å². The van der Waals surface area contributed by atoms with Gasteiger partial charge in [-0.15, -0.1) is 0 Å². The Kier molecular flexibility index (Phi) is 4.88. The maximum atomic E-state index is 12.5. The second-order valence-electron chi connectivity index (χ2n) is 6.71. The molecule has 1 aliphatic heterocycles. The van der Waals surface area contributed by atoms with Crippen molar-refractivity contribution >= 4 is 5.91 Å². The highest BCUT2D eigenvalue weighted by Crippen LogP contribution is 2.26. The van der Waals surface area contributed by atoms with E-state index in [4.69, 9.17) is 4.74 Å². The fourth-order valence-corrected chi connectivity index (χ4v) is 3.19. The molecule has 128 valence electrons. The molecule has 1 saturated heterocycles. The SMILES string of the molecule is Cc1ccc(C)c(OCC(=O)N2CCC[C@@H](c3cc(C)[nH]n3)C2)c1. The molecule has 0 unspecified atom stereocenters. The molecule has 2 heterocycles. The van der Waals surface area contributed by atoms with Gasteiger partial charge in [-0.05, 0) is 56.9 Å². The number of aromatic amines is 1. The maximum absolute atomic E-state index is 12.5. The summed E-state index contributed by atoms with van der Waals surface area (Å²) in [6, 6.07) is 8.12. The summed E-state index contributed by atoms with van der Waals surface area (Å²) in [6.07, 6.45) is 2.08. The first-order valence-corrected chi connectivity index (χ1v) is 8.52. The number of nitrogens with one attached hydrogen (secondary N) is 1. The van der Waals surface area contributed by atoms with E-state index < -0.39 is 0 Å². The van der Waals surface area contributed by atoms with Crippen LogP contribution in [0, 0.1) is 20.8 Å². The molecule has 0 radical (unpaired) electrons. The average molecular weight is 327 g/mol. The molecule has 2 aromatic rings. The molecular formula is C19H25N3O2. The molecule has 1 amide bonds. The Hall–Kier alpha value is -2.30. The zero-order valence-corrected chi connectivity index (χ0v) is 14.6. The van der Waals surface area contributed by atoms with E-state index in [1.807, 2.05) is 43.9 Å². The van der Waals surface area contributed by atoms with Gasteiger partial charge in [-0.25, -0.2) is 0 Å². The van der Waals surface area contributed by atoms with Gasteiger partial charge in [-0.3, -0.25) is 9.89 Å². The Morgan fingerprint density at radius 3 is 2.92 bits per heavy atom. The van der Waals surface area contributed by atoms with E-state index in [1.54, 1.807) is 0 Å². The van der Waals surface area contributed by atoms with Gasteiger partial charge < -0.3 is 9.64 Å². The van der Waals surface area contributed by atoms with Gasteiger partial charge in [0, 0.05) is 24.7 Å². The number of piperidine rings is 1. The van der Waals surface area contributed by atoms with Crippen molar-refractivity contribution in [2.75, 3.05) is 19.7 Å². The minimum absolute atomic E-state index is 0.0489. The number of H-pyrrole nitrogens is 1. The number of carbonyl (C=O) groups excluding carboxylic acids is 1. The van der Waals surface area contributed by atoms with Crippen molar-refractivity contribution < 1.29 is 9.53 Å². The lowest BCUT2D eigenvalue weighted by atomic mass is 9.94. The average Bonchev–Trinajstić information content (AvgIpc) is 3.02. The van der Waals surface area contributed by atoms with E-state index in [0.717, 1.165) is 54.2 Å². The van der Waals surface area contributed by atoms with Crippen molar-refractivity contribution in [3.05, 3.63) is 46.8 Å². The Bertz CT molecular complexity index is 723. The molecule has 0 aliphatic carbocycles. The quantitative estimate of drug-likeness (QED) is 0.938. The Labute approximate surface area is 143 Å². The molecule has 1 aromatic heterocycles. The molecule has 5 nitrogen and oxygen atoms in total. The van der Waals surface area contributed by atoms with E-state index in [1.165, 1.54) is 0 Å². The predicted molar refractivity (Wildman–Crippen MR) is 93.3 cm³/mol. The van der Waals surface area contributed by atoms with Crippen LogP contribution in [0.2, 0.25) is 0 Å². The van der Waals surface area contributed by atoms with Gasteiger partial charge >= 0.3 is 0 Å². The molecule has 5 heteroatoms. The number of benzene rings is 1. The van der Waals surface area contributed by atoms with Crippen LogP contribution in [-0.4, -0.2) is 40.7 Å². The van der Waals surface area contributed by atoms with Crippen LogP contribution >= 0.6 is 0 Å². The van der Waals surface area contributed by atoms with Gasteiger partial charge in [0.1, 0.15) is 5.75 Å². The monoisotopic (exact) mass is 327 g/mol. The lowest BCUT2D eigenvalue weighted by Gasteiger charge is -2.32. The van der Waals surface area contributed by atoms with Crippen molar-refractivity contribution in [1.82, 2.24) is 15.1 Å². The molecular weight excluding hydrogens is 302 g/mol. The molecule has 3 rings (SSSR count). The summed E-state index contributed by atoms with van der Waals surface area (Å²) in [5.74, 6) is 1.15. The summed E-state index contributed by atoms with van der Waals surface area (Å²) in [6.45, 7) is 7.64. The minimum atomic E-state index is 0.0489. The minimum Gasteiger partial charge on any atom is -0.483 e. The third-order valence-corrected chi connectivity index (χ3v) is 4.61. The number of hydrogen-bond acceptors (Lipinski definition) is 3. The normalized spacial score (nSPS) is 17.8. The van der Waals surface area contributed by atoms with E-state index in [9.17, 15) is 4.79 Å². The highest BCUT2D eigenvalue weighted by Gasteiger charge is 2.26. The summed E-state index contributed by atoms with van der Waals surface area (Å²) < 4.78 is 5.76. The summed E-state index contributed by atoms with van der Waals surface area (Å²) in [7, 11) is 0. The summed E-state index contributed by atoms with van der Waals surface area (Å²) in [5, 5.41) is 7.34. The Morgan fingerprint density at radius 2 is 2.17 bits per heavy atom. The van der Waals surface area contributed by atoms with Crippen molar-refractivity contribution in [3.8, 4) is 5.75 Å². The number of nitrogens with zero attached hydrogens (tertiary/aromatic N) is 2. The van der Waals surface area contributed by atoms with Crippen LogP contribution in [0.15, 0.2) is 24.3 Å². The topological polar surface area (TPSA) is 58.2 Å². The Balaban J connectivity index is 1.59. The second kappa shape index (κ2) is 7.07. The number of amides is 1. The molecule has 1 N–H and O–H groups in total. The van der Waals surface area contributed by atoms with Crippen molar-refractivity contribution in [2.24, 2.45) is 0 Å². The third-order valence-electron chi connectivity index (χ3n) is 4.61. The van der Waals surface area contributed by atoms with Crippen molar-refractivity contribution in [1.29, 1.82) is 0 Å². The van der Waals surface area contributed by atoms with E-state index >= 15 is 0 Å². The highest BCUT2D eigenvalue weighted by atomic mass is 16.5. The lowest BCUT2D eigenvalue weighted by Crippen LogP contribution is -2.41. The van der Waals surface area contributed by atoms with Gasteiger partial charge in [0.15, 0.2) is 6.61 Å². The summed E-state index contributed by atoms with van der Waals surface area (Å²) in [4.78, 5) is 14.4. The van der Waals surface area contributed by atoms with Crippen molar-refractivity contribution in [3.63, 3.8) is 0 Å². The lowest BCUT2D eigenvalue weighted by molar-refractivity contribution is -0.134. The van der Waals surface area contributed by atoms with Gasteiger partial charge in [-0.2, -0.15) is 5.10 Å². The summed E-state index contributed by atoms with van der Waals surface area (Å²) in [5.41, 5.74) is 4.30. The molecule has 0 bridgehead atoms. The van der Waals surface area contributed by atoms with E-state index in [-0.39, 0.29) is 12.5 Å². The predicted octanol–water partition coefficient (Wildman–Crippen LogP) is 3.12. The zero-order valence-electron chi connectivity index (χ0n) is 14.6. The largest absolute Gasteiger partial charge is 0.483 e.